The molecule has 0 radical (unpaired) electrons. The maximum absolute atomic E-state index is 12.6. The molecule has 0 saturated heterocycles. The van der Waals surface area contributed by atoms with Gasteiger partial charge in [0.2, 0.25) is 0 Å². The molecule has 0 bridgehead atoms. The Morgan fingerprint density at radius 1 is 1.17 bits per heavy atom. The summed E-state index contributed by atoms with van der Waals surface area (Å²) in [6.07, 6.45) is 10.1. The molecule has 3 saturated carbocycles. The van der Waals surface area contributed by atoms with Crippen LogP contribution in [0.25, 0.3) is 0 Å². The first-order valence-electron chi connectivity index (χ1n) is 9.57. The van der Waals surface area contributed by atoms with Crippen LogP contribution in [-0.2, 0) is 0 Å². The molecule has 2 N–H and O–H groups in total. The van der Waals surface area contributed by atoms with Gasteiger partial charge in [0.1, 0.15) is 6.17 Å². The monoisotopic (exact) mass is 332 g/mol. The van der Waals surface area contributed by atoms with Crippen LogP contribution < -0.4 is 0 Å². The molecule has 0 aromatic carbocycles. The zero-order valence-electron chi connectivity index (χ0n) is 14.8. The number of allylic oxidation sites excluding steroid dienone is 1. The van der Waals surface area contributed by atoms with Crippen molar-refractivity contribution < 1.29 is 14.6 Å². The molecule has 0 spiro atoms. The van der Waals surface area contributed by atoms with Gasteiger partial charge in [-0.2, -0.15) is 0 Å². The maximum atomic E-state index is 12.6. The largest absolute Gasteiger partial charge is 0.393 e. The minimum absolute atomic E-state index is 0.119. The molecule has 0 aromatic rings. The van der Waals surface area contributed by atoms with Crippen molar-refractivity contribution in [2.75, 3.05) is 0 Å². The molecule has 3 heteroatoms. The molecule has 4 rings (SSSR count). The Labute approximate surface area is 144 Å². The third-order valence-corrected chi connectivity index (χ3v) is 8.32. The summed E-state index contributed by atoms with van der Waals surface area (Å²) < 4.78 is 12.6. The molecule has 0 aliphatic heterocycles. The average molecular weight is 332 g/mol. The van der Waals surface area contributed by atoms with Gasteiger partial charge in [-0.25, -0.2) is 0 Å². The lowest BCUT2D eigenvalue weighted by atomic mass is 9.48. The van der Waals surface area contributed by atoms with Crippen molar-refractivity contribution in [3.05, 3.63) is 11.6 Å². The smallest absolute Gasteiger partial charge is 0.105 e. The summed E-state index contributed by atoms with van der Waals surface area (Å²) in [5.74, 6) is 4.04. The summed E-state index contributed by atoms with van der Waals surface area (Å²) in [4.78, 5) is 0. The SMILES string of the molecule is C[C@]12CCC(O)CC1=CC[C@@H]1[C@H]2CC[C@]2(C)C(O)C(C#CF)C[C@@H]12. The molecule has 4 aliphatic rings. The molecular formula is C21H29FO2. The van der Waals surface area contributed by atoms with E-state index >= 15 is 0 Å². The van der Waals surface area contributed by atoms with E-state index in [0.29, 0.717) is 17.8 Å². The van der Waals surface area contributed by atoms with E-state index in [1.165, 1.54) is 5.57 Å². The second-order valence-corrected chi connectivity index (χ2v) is 9.23. The highest BCUT2D eigenvalue weighted by Crippen LogP contribution is 2.65. The number of aliphatic hydroxyl groups is 2. The lowest BCUT2D eigenvalue weighted by molar-refractivity contribution is -0.0732. The number of fused-ring (bicyclic) bond motifs is 5. The predicted molar refractivity (Wildman–Crippen MR) is 91.5 cm³/mol. The van der Waals surface area contributed by atoms with Gasteiger partial charge in [0.25, 0.3) is 0 Å². The van der Waals surface area contributed by atoms with Crippen molar-refractivity contribution in [2.45, 2.75) is 71.0 Å². The summed E-state index contributed by atoms with van der Waals surface area (Å²) in [5, 5.41) is 20.8. The van der Waals surface area contributed by atoms with Gasteiger partial charge in [-0.1, -0.05) is 31.4 Å². The number of aliphatic hydroxyl groups excluding tert-OH is 2. The van der Waals surface area contributed by atoms with Gasteiger partial charge in [0.05, 0.1) is 12.2 Å². The molecule has 3 unspecified atom stereocenters. The minimum atomic E-state index is -0.502. The van der Waals surface area contributed by atoms with Crippen LogP contribution in [0.1, 0.15) is 58.8 Å². The quantitative estimate of drug-likeness (QED) is 0.523. The first-order valence-corrected chi connectivity index (χ1v) is 9.57. The molecule has 2 nitrogen and oxygen atoms in total. The van der Waals surface area contributed by atoms with E-state index < -0.39 is 6.10 Å². The van der Waals surface area contributed by atoms with Crippen LogP contribution in [0.5, 0.6) is 0 Å². The van der Waals surface area contributed by atoms with E-state index in [1.54, 1.807) is 6.17 Å². The van der Waals surface area contributed by atoms with E-state index in [-0.39, 0.29) is 22.9 Å². The van der Waals surface area contributed by atoms with E-state index in [4.69, 9.17) is 0 Å². The average Bonchev–Trinajstić information content (AvgIpc) is 2.81. The number of rotatable bonds is 0. The highest BCUT2D eigenvalue weighted by molar-refractivity contribution is 5.26. The minimum Gasteiger partial charge on any atom is -0.393 e. The zero-order valence-corrected chi connectivity index (χ0v) is 14.8. The summed E-state index contributed by atoms with van der Waals surface area (Å²) >= 11 is 0. The Hall–Kier alpha value is -0.850. The highest BCUT2D eigenvalue weighted by Gasteiger charge is 2.60. The van der Waals surface area contributed by atoms with Crippen molar-refractivity contribution >= 4 is 0 Å². The summed E-state index contributed by atoms with van der Waals surface area (Å²) in [7, 11) is 0. The maximum Gasteiger partial charge on any atom is 0.105 e. The molecule has 8 atom stereocenters. The normalized spacial score (nSPS) is 53.1. The molecule has 132 valence electrons. The molecule has 0 aromatic heterocycles. The molecule has 0 heterocycles. The third-order valence-electron chi connectivity index (χ3n) is 8.32. The Balaban J connectivity index is 1.67. The van der Waals surface area contributed by atoms with Gasteiger partial charge in [-0.15, -0.1) is 4.39 Å². The van der Waals surface area contributed by atoms with Crippen LogP contribution in [-0.4, -0.2) is 22.4 Å². The van der Waals surface area contributed by atoms with Gasteiger partial charge in [-0.05, 0) is 73.5 Å². The molecule has 3 fully saturated rings. The molecule has 4 aliphatic carbocycles. The van der Waals surface area contributed by atoms with E-state index in [2.05, 4.69) is 25.8 Å². The summed E-state index contributed by atoms with van der Waals surface area (Å²) in [5.41, 5.74) is 1.55. The predicted octanol–water partition coefficient (Wildman–Crippen LogP) is 3.83. The van der Waals surface area contributed by atoms with Gasteiger partial charge in [0.15, 0.2) is 0 Å². The lowest BCUT2D eigenvalue weighted by Crippen LogP contribution is -2.51. The summed E-state index contributed by atoms with van der Waals surface area (Å²) in [6.45, 7) is 4.60. The second-order valence-electron chi connectivity index (χ2n) is 9.23. The third kappa shape index (κ3) is 2.15. The molecule has 24 heavy (non-hydrogen) atoms. The lowest BCUT2D eigenvalue weighted by Gasteiger charge is -2.57. The van der Waals surface area contributed by atoms with Crippen LogP contribution >= 0.6 is 0 Å². The van der Waals surface area contributed by atoms with Crippen LogP contribution in [0.15, 0.2) is 11.6 Å². The number of hydrogen-bond acceptors (Lipinski definition) is 2. The highest BCUT2D eigenvalue weighted by atomic mass is 19.1. The number of hydrogen-bond donors (Lipinski definition) is 2. The topological polar surface area (TPSA) is 40.5 Å². The summed E-state index contributed by atoms with van der Waals surface area (Å²) in [6, 6.07) is 0. The van der Waals surface area contributed by atoms with Gasteiger partial charge < -0.3 is 10.2 Å². The Morgan fingerprint density at radius 2 is 1.96 bits per heavy atom. The number of halogens is 1. The first kappa shape index (κ1) is 16.6. The van der Waals surface area contributed by atoms with Crippen molar-refractivity contribution in [3.8, 4) is 12.1 Å². The fraction of sp³-hybridized carbons (Fsp3) is 0.810. The van der Waals surface area contributed by atoms with Crippen LogP contribution in [0.3, 0.4) is 0 Å². The Morgan fingerprint density at radius 3 is 2.71 bits per heavy atom. The van der Waals surface area contributed by atoms with Gasteiger partial charge >= 0.3 is 0 Å². The van der Waals surface area contributed by atoms with Crippen LogP contribution in [0.2, 0.25) is 0 Å². The van der Waals surface area contributed by atoms with Crippen molar-refractivity contribution in [2.24, 2.45) is 34.5 Å². The second kappa shape index (κ2) is 5.58. The fourth-order valence-corrected chi connectivity index (χ4v) is 6.87. The van der Waals surface area contributed by atoms with Crippen molar-refractivity contribution in [3.63, 3.8) is 0 Å². The van der Waals surface area contributed by atoms with Crippen LogP contribution in [0, 0.1) is 46.6 Å². The van der Waals surface area contributed by atoms with Gasteiger partial charge in [-0.3, -0.25) is 0 Å². The van der Waals surface area contributed by atoms with Crippen molar-refractivity contribution in [1.29, 1.82) is 0 Å². The van der Waals surface area contributed by atoms with Gasteiger partial charge in [0, 0.05) is 5.92 Å². The Kier molecular flexibility index (Phi) is 3.86. The Bertz CT molecular complexity index is 617. The zero-order chi connectivity index (χ0) is 17.1. The van der Waals surface area contributed by atoms with E-state index in [0.717, 1.165) is 44.9 Å². The molecular weight excluding hydrogens is 303 g/mol. The van der Waals surface area contributed by atoms with Crippen molar-refractivity contribution in [1.82, 2.24) is 0 Å². The first-order chi connectivity index (χ1) is 11.4. The standard InChI is InChI=1S/C21H29FO2/c1-20-8-5-15(23)12-14(20)3-4-16-17(20)6-9-21(2)18(16)11-13(7-10-22)19(21)24/h3,13,15-19,23-24H,4-6,8-9,11-12H2,1-2H3/t13?,15?,16-,17-,18+,19?,20+,21+/m1/s1. The molecule has 0 amide bonds. The van der Waals surface area contributed by atoms with E-state index in [9.17, 15) is 14.6 Å². The van der Waals surface area contributed by atoms with Crippen LogP contribution in [0.4, 0.5) is 4.39 Å². The van der Waals surface area contributed by atoms with E-state index in [1.807, 2.05) is 0 Å². The fourth-order valence-electron chi connectivity index (χ4n) is 6.87.